The third-order valence-corrected chi connectivity index (χ3v) is 6.97. The van der Waals surface area contributed by atoms with Gasteiger partial charge < -0.3 is 14.4 Å². The Kier molecular flexibility index (Phi) is 5.94. The average Bonchev–Trinajstić information content (AvgIpc) is 3.18. The molecule has 0 atom stereocenters. The van der Waals surface area contributed by atoms with Gasteiger partial charge in [-0.15, -0.1) is 11.8 Å². The van der Waals surface area contributed by atoms with Crippen LogP contribution in [-0.2, 0) is 6.54 Å². The molecule has 0 bridgehead atoms. The Morgan fingerprint density at radius 2 is 1.89 bits per heavy atom. The number of methoxy groups -OCH3 is 2. The van der Waals surface area contributed by atoms with Crippen LogP contribution in [0, 0.1) is 0 Å². The van der Waals surface area contributed by atoms with Crippen molar-refractivity contribution in [1.29, 1.82) is 0 Å². The molecule has 0 unspecified atom stereocenters. The minimum atomic E-state index is 0.866. The molecule has 3 aromatic rings. The Morgan fingerprint density at radius 1 is 1.07 bits per heavy atom. The summed E-state index contributed by atoms with van der Waals surface area (Å²) in [5.41, 5.74) is 2.30. The molecule has 148 valence electrons. The molecule has 28 heavy (non-hydrogen) atoms. The summed E-state index contributed by atoms with van der Waals surface area (Å²) in [6.45, 7) is 4.85. The van der Waals surface area contributed by atoms with E-state index in [-0.39, 0.29) is 0 Å². The van der Waals surface area contributed by atoms with Gasteiger partial charge in [0.15, 0.2) is 5.13 Å². The molecule has 1 fully saturated rings. The van der Waals surface area contributed by atoms with Gasteiger partial charge in [0.2, 0.25) is 0 Å². The maximum atomic E-state index is 5.53. The van der Waals surface area contributed by atoms with Crippen LogP contribution in [0.1, 0.15) is 5.56 Å². The van der Waals surface area contributed by atoms with E-state index in [2.05, 4.69) is 40.3 Å². The van der Waals surface area contributed by atoms with Crippen molar-refractivity contribution < 1.29 is 9.47 Å². The Bertz CT molecular complexity index is 952. The molecule has 1 aromatic heterocycles. The second-order valence-electron chi connectivity index (χ2n) is 6.74. The third kappa shape index (κ3) is 3.92. The summed E-state index contributed by atoms with van der Waals surface area (Å²) in [5, 5.41) is 1.13. The van der Waals surface area contributed by atoms with Gasteiger partial charge in [-0.1, -0.05) is 17.4 Å². The van der Waals surface area contributed by atoms with Gasteiger partial charge >= 0.3 is 0 Å². The summed E-state index contributed by atoms with van der Waals surface area (Å²) in [5.74, 6) is 1.78. The lowest BCUT2D eigenvalue weighted by molar-refractivity contribution is 0.245. The number of hydrogen-bond donors (Lipinski definition) is 0. The molecule has 1 aliphatic rings. The molecule has 7 heteroatoms. The first kappa shape index (κ1) is 19.4. The highest BCUT2D eigenvalue weighted by Crippen LogP contribution is 2.34. The second-order valence-corrected chi connectivity index (χ2v) is 8.60. The number of piperazine rings is 1. The Balaban J connectivity index is 1.44. The summed E-state index contributed by atoms with van der Waals surface area (Å²) in [4.78, 5) is 11.1. The number of nitrogens with zero attached hydrogens (tertiary/aromatic N) is 3. The largest absolute Gasteiger partial charge is 0.497 e. The van der Waals surface area contributed by atoms with Crippen LogP contribution >= 0.6 is 23.1 Å². The zero-order valence-corrected chi connectivity index (χ0v) is 18.1. The van der Waals surface area contributed by atoms with Crippen molar-refractivity contribution in [2.75, 3.05) is 51.6 Å². The zero-order valence-electron chi connectivity index (χ0n) is 16.5. The van der Waals surface area contributed by atoms with Gasteiger partial charge in [0.25, 0.3) is 0 Å². The Morgan fingerprint density at radius 3 is 2.61 bits per heavy atom. The fourth-order valence-corrected chi connectivity index (χ4v) is 5.23. The van der Waals surface area contributed by atoms with Crippen LogP contribution in [0.4, 0.5) is 5.13 Å². The van der Waals surface area contributed by atoms with E-state index >= 15 is 0 Å². The highest BCUT2D eigenvalue weighted by Gasteiger charge is 2.21. The standard InChI is InChI=1S/C21H25N3O2S2/c1-25-16-7-8-17(26-2)15(13-16)14-23-9-11-24(12-10-23)21-22-20-18(27-3)5-4-6-19(20)28-21/h4-8,13H,9-12,14H2,1-3H3. The van der Waals surface area contributed by atoms with Crippen LogP contribution in [0.2, 0.25) is 0 Å². The number of benzene rings is 2. The van der Waals surface area contributed by atoms with E-state index in [1.165, 1.54) is 15.2 Å². The molecule has 1 aliphatic heterocycles. The van der Waals surface area contributed by atoms with Crippen LogP contribution in [0.5, 0.6) is 11.5 Å². The predicted octanol–water partition coefficient (Wildman–Crippen LogP) is 4.36. The number of thioether (sulfide) groups is 1. The minimum Gasteiger partial charge on any atom is -0.497 e. The fraction of sp³-hybridized carbons (Fsp3) is 0.381. The van der Waals surface area contributed by atoms with E-state index in [9.17, 15) is 0 Å². The summed E-state index contributed by atoms with van der Waals surface area (Å²) in [6, 6.07) is 12.4. The summed E-state index contributed by atoms with van der Waals surface area (Å²) >= 11 is 3.56. The van der Waals surface area contributed by atoms with Crippen molar-refractivity contribution in [2.24, 2.45) is 0 Å². The molecule has 0 radical (unpaired) electrons. The maximum Gasteiger partial charge on any atom is 0.186 e. The lowest BCUT2D eigenvalue weighted by Crippen LogP contribution is -2.46. The number of ether oxygens (including phenoxy) is 2. The lowest BCUT2D eigenvalue weighted by Gasteiger charge is -2.34. The number of thiazole rings is 1. The van der Waals surface area contributed by atoms with Gasteiger partial charge in [0.05, 0.1) is 24.4 Å². The highest BCUT2D eigenvalue weighted by atomic mass is 32.2. The fourth-order valence-electron chi connectivity index (χ4n) is 3.56. The zero-order chi connectivity index (χ0) is 19.5. The van der Waals surface area contributed by atoms with Crippen molar-refractivity contribution in [3.8, 4) is 11.5 Å². The monoisotopic (exact) mass is 415 g/mol. The second kappa shape index (κ2) is 8.59. The molecule has 0 aliphatic carbocycles. The van der Waals surface area contributed by atoms with Gasteiger partial charge in [-0.3, -0.25) is 4.90 Å². The molecule has 2 aromatic carbocycles. The number of para-hydroxylation sites is 1. The van der Waals surface area contributed by atoms with E-state index in [4.69, 9.17) is 14.5 Å². The van der Waals surface area contributed by atoms with Crippen molar-refractivity contribution in [3.05, 3.63) is 42.0 Å². The van der Waals surface area contributed by atoms with Gasteiger partial charge in [-0.05, 0) is 36.6 Å². The van der Waals surface area contributed by atoms with Crippen molar-refractivity contribution >= 4 is 38.4 Å². The van der Waals surface area contributed by atoms with Crippen molar-refractivity contribution in [3.63, 3.8) is 0 Å². The molecule has 0 N–H and O–H groups in total. The minimum absolute atomic E-state index is 0.866. The predicted molar refractivity (Wildman–Crippen MR) is 118 cm³/mol. The molecular weight excluding hydrogens is 390 g/mol. The van der Waals surface area contributed by atoms with Gasteiger partial charge in [0, 0.05) is 43.2 Å². The number of fused-ring (bicyclic) bond motifs is 1. The quantitative estimate of drug-likeness (QED) is 0.557. The van der Waals surface area contributed by atoms with E-state index in [0.29, 0.717) is 0 Å². The SMILES string of the molecule is COc1ccc(OC)c(CN2CCN(c3nc4c(SC)cccc4s3)CC2)c1. The summed E-state index contributed by atoms with van der Waals surface area (Å²) in [7, 11) is 3.42. The number of hydrogen-bond acceptors (Lipinski definition) is 7. The first-order valence-electron chi connectivity index (χ1n) is 9.33. The summed E-state index contributed by atoms with van der Waals surface area (Å²) < 4.78 is 12.2. The number of aromatic nitrogens is 1. The molecule has 0 saturated carbocycles. The normalized spacial score (nSPS) is 15.2. The molecule has 4 rings (SSSR count). The molecule has 1 saturated heterocycles. The first-order valence-corrected chi connectivity index (χ1v) is 11.4. The van der Waals surface area contributed by atoms with Gasteiger partial charge in [-0.2, -0.15) is 0 Å². The van der Waals surface area contributed by atoms with Crippen LogP contribution in [0.15, 0.2) is 41.3 Å². The van der Waals surface area contributed by atoms with Crippen LogP contribution in [0.3, 0.4) is 0 Å². The van der Waals surface area contributed by atoms with Crippen molar-refractivity contribution in [2.45, 2.75) is 11.4 Å². The lowest BCUT2D eigenvalue weighted by atomic mass is 10.1. The highest BCUT2D eigenvalue weighted by molar-refractivity contribution is 7.98. The smallest absolute Gasteiger partial charge is 0.186 e. The Labute approximate surface area is 174 Å². The molecule has 2 heterocycles. The van der Waals surface area contributed by atoms with Crippen LogP contribution in [0.25, 0.3) is 10.2 Å². The third-order valence-electron chi connectivity index (χ3n) is 5.11. The molecule has 5 nitrogen and oxygen atoms in total. The van der Waals surface area contributed by atoms with Crippen molar-refractivity contribution in [1.82, 2.24) is 9.88 Å². The molecular formula is C21H25N3O2S2. The first-order chi connectivity index (χ1) is 13.7. The van der Waals surface area contributed by atoms with E-state index in [0.717, 1.165) is 54.9 Å². The maximum absolute atomic E-state index is 5.53. The summed E-state index contributed by atoms with van der Waals surface area (Å²) in [6.07, 6.45) is 2.11. The number of rotatable bonds is 6. The number of anilines is 1. The van der Waals surface area contributed by atoms with Gasteiger partial charge in [-0.25, -0.2) is 4.98 Å². The van der Waals surface area contributed by atoms with E-state index < -0.39 is 0 Å². The van der Waals surface area contributed by atoms with E-state index in [1.54, 1.807) is 37.3 Å². The van der Waals surface area contributed by atoms with E-state index in [1.807, 2.05) is 12.1 Å². The molecule has 0 amide bonds. The Hall–Kier alpha value is -1.96. The van der Waals surface area contributed by atoms with Crippen LogP contribution in [-0.4, -0.2) is 56.5 Å². The van der Waals surface area contributed by atoms with Crippen LogP contribution < -0.4 is 14.4 Å². The molecule has 0 spiro atoms. The average molecular weight is 416 g/mol. The topological polar surface area (TPSA) is 37.8 Å². The van der Waals surface area contributed by atoms with Gasteiger partial charge in [0.1, 0.15) is 11.5 Å².